The number of fused-ring (bicyclic) bond motifs is 3. The van der Waals surface area contributed by atoms with Crippen LogP contribution in [0, 0.1) is 0 Å². The van der Waals surface area contributed by atoms with E-state index in [-0.39, 0.29) is 12.1 Å². The van der Waals surface area contributed by atoms with E-state index in [2.05, 4.69) is 23.9 Å². The van der Waals surface area contributed by atoms with Crippen LogP contribution in [0.2, 0.25) is 0 Å². The Labute approximate surface area is 167 Å². The Hall–Kier alpha value is -2.14. The first-order valence-corrected chi connectivity index (χ1v) is 10.6. The van der Waals surface area contributed by atoms with Gasteiger partial charge in [0, 0.05) is 36.4 Å². The smallest absolute Gasteiger partial charge is 0.339 e. The molecule has 5 nitrogen and oxygen atoms in total. The van der Waals surface area contributed by atoms with E-state index in [1.807, 2.05) is 24.3 Å². The fraction of sp³-hybridized carbons (Fsp3) is 0.565. The van der Waals surface area contributed by atoms with Crippen LogP contribution in [0.1, 0.15) is 62.2 Å². The molecule has 0 radical (unpaired) electrons. The predicted octanol–water partition coefficient (Wildman–Crippen LogP) is 4.59. The molecule has 28 heavy (non-hydrogen) atoms. The van der Waals surface area contributed by atoms with Crippen molar-refractivity contribution in [3.8, 4) is 5.88 Å². The number of nitrogens with zero attached hydrogens (tertiary/aromatic N) is 2. The molecular formula is C23H30N2O3. The van der Waals surface area contributed by atoms with Gasteiger partial charge in [-0.05, 0) is 32.4 Å². The van der Waals surface area contributed by atoms with Gasteiger partial charge in [0.1, 0.15) is 6.10 Å². The summed E-state index contributed by atoms with van der Waals surface area (Å²) < 4.78 is 11.8. The van der Waals surface area contributed by atoms with Crippen LogP contribution in [0.15, 0.2) is 30.3 Å². The van der Waals surface area contributed by atoms with Gasteiger partial charge in [0.25, 0.3) is 0 Å². The number of benzene rings is 1. The van der Waals surface area contributed by atoms with Gasteiger partial charge in [0.2, 0.25) is 5.88 Å². The zero-order chi connectivity index (χ0) is 19.5. The van der Waals surface area contributed by atoms with Gasteiger partial charge >= 0.3 is 5.97 Å². The molecule has 5 heteroatoms. The summed E-state index contributed by atoms with van der Waals surface area (Å²) in [5, 5.41) is 0.823. The normalized spacial score (nSPS) is 24.4. The predicted molar refractivity (Wildman–Crippen MR) is 110 cm³/mol. The van der Waals surface area contributed by atoms with Crippen molar-refractivity contribution >= 4 is 16.9 Å². The quantitative estimate of drug-likeness (QED) is 0.518. The van der Waals surface area contributed by atoms with Gasteiger partial charge in [-0.1, -0.05) is 38.0 Å². The summed E-state index contributed by atoms with van der Waals surface area (Å²) in [6, 6.07) is 10.5. The molecule has 2 fully saturated rings. The molecule has 2 atom stereocenters. The minimum atomic E-state index is -0.258. The second-order valence-corrected chi connectivity index (χ2v) is 8.13. The monoisotopic (exact) mass is 382 g/mol. The standard InChI is InChI=1S/C23H30N2O3/c1-3-4-7-12-27-22-15-20(19-8-5-6-9-21(19)24-22)23(26)28-18-13-16-10-11-17(14-18)25(16)2/h5-6,8-9,15-18H,3-4,7,10-14H2,1-2H3. The van der Waals surface area contributed by atoms with Crippen molar-refractivity contribution in [3.63, 3.8) is 0 Å². The Morgan fingerprint density at radius 3 is 2.68 bits per heavy atom. The molecule has 1 aromatic heterocycles. The van der Waals surface area contributed by atoms with Crippen LogP contribution in [0.25, 0.3) is 10.9 Å². The van der Waals surface area contributed by atoms with Crippen LogP contribution < -0.4 is 4.74 Å². The SMILES string of the molecule is CCCCCOc1cc(C(=O)OC2CC3CCC(C2)N3C)c2ccccc2n1. The molecule has 0 spiro atoms. The first-order chi connectivity index (χ1) is 13.7. The van der Waals surface area contributed by atoms with E-state index in [0.717, 1.165) is 43.0 Å². The van der Waals surface area contributed by atoms with E-state index in [4.69, 9.17) is 9.47 Å². The molecule has 2 aromatic rings. The van der Waals surface area contributed by atoms with Crippen LogP contribution in [-0.4, -0.2) is 47.7 Å². The van der Waals surface area contributed by atoms with Crippen LogP contribution in [0.4, 0.5) is 0 Å². The fourth-order valence-electron chi connectivity index (χ4n) is 4.60. The number of rotatable bonds is 7. The van der Waals surface area contributed by atoms with Gasteiger partial charge in [0.05, 0.1) is 17.7 Å². The molecule has 2 unspecified atom stereocenters. The van der Waals surface area contributed by atoms with Crippen molar-refractivity contribution in [2.24, 2.45) is 0 Å². The second kappa shape index (κ2) is 8.48. The molecule has 2 bridgehead atoms. The topological polar surface area (TPSA) is 51.7 Å². The molecule has 2 saturated heterocycles. The number of carbonyl (C=O) groups is 1. The molecule has 4 rings (SSSR count). The molecular weight excluding hydrogens is 352 g/mol. The summed E-state index contributed by atoms with van der Waals surface area (Å²) in [6.45, 7) is 2.78. The number of hydrogen-bond acceptors (Lipinski definition) is 5. The van der Waals surface area contributed by atoms with Crippen LogP contribution in [0.3, 0.4) is 0 Å². The first kappa shape index (κ1) is 19.2. The van der Waals surface area contributed by atoms with Crippen molar-refractivity contribution in [1.82, 2.24) is 9.88 Å². The highest BCUT2D eigenvalue weighted by atomic mass is 16.5. The Balaban J connectivity index is 1.52. The number of aromatic nitrogens is 1. The van der Waals surface area contributed by atoms with Crippen LogP contribution in [-0.2, 0) is 4.74 Å². The number of ether oxygens (including phenoxy) is 2. The van der Waals surface area contributed by atoms with Gasteiger partial charge in [0.15, 0.2) is 0 Å². The molecule has 0 amide bonds. The van der Waals surface area contributed by atoms with Gasteiger partial charge in [-0.25, -0.2) is 9.78 Å². The lowest BCUT2D eigenvalue weighted by atomic mass is 10.0. The number of hydrogen-bond donors (Lipinski definition) is 0. The lowest BCUT2D eigenvalue weighted by Gasteiger charge is -2.35. The third-order valence-electron chi connectivity index (χ3n) is 6.24. The fourth-order valence-corrected chi connectivity index (χ4v) is 4.60. The molecule has 0 saturated carbocycles. The van der Waals surface area contributed by atoms with Crippen molar-refractivity contribution < 1.29 is 14.3 Å². The van der Waals surface area contributed by atoms with Crippen molar-refractivity contribution in [3.05, 3.63) is 35.9 Å². The Kier molecular flexibility index (Phi) is 5.81. The lowest BCUT2D eigenvalue weighted by Crippen LogP contribution is -2.43. The summed E-state index contributed by atoms with van der Waals surface area (Å²) in [7, 11) is 2.19. The summed E-state index contributed by atoms with van der Waals surface area (Å²) >= 11 is 0. The third-order valence-corrected chi connectivity index (χ3v) is 6.24. The van der Waals surface area contributed by atoms with Gasteiger partial charge in [-0.3, -0.25) is 0 Å². The number of carbonyl (C=O) groups excluding carboxylic acids is 1. The summed E-state index contributed by atoms with van der Waals surface area (Å²) in [5.74, 6) is 0.246. The largest absolute Gasteiger partial charge is 0.478 e. The summed E-state index contributed by atoms with van der Waals surface area (Å²) in [5.41, 5.74) is 1.33. The van der Waals surface area contributed by atoms with E-state index in [9.17, 15) is 4.79 Å². The molecule has 2 aliphatic rings. The van der Waals surface area contributed by atoms with Crippen molar-refractivity contribution in [1.29, 1.82) is 0 Å². The Morgan fingerprint density at radius 2 is 1.93 bits per heavy atom. The maximum absolute atomic E-state index is 13.1. The Morgan fingerprint density at radius 1 is 1.18 bits per heavy atom. The van der Waals surface area contributed by atoms with Crippen molar-refractivity contribution in [2.75, 3.05) is 13.7 Å². The highest BCUT2D eigenvalue weighted by Crippen LogP contribution is 2.36. The molecule has 0 aliphatic carbocycles. The number of para-hydroxylation sites is 1. The molecule has 3 heterocycles. The number of piperidine rings is 1. The maximum atomic E-state index is 13.1. The number of pyridine rings is 1. The van der Waals surface area contributed by atoms with E-state index in [0.29, 0.717) is 30.1 Å². The van der Waals surface area contributed by atoms with Gasteiger partial charge in [-0.2, -0.15) is 0 Å². The van der Waals surface area contributed by atoms with Crippen LogP contribution >= 0.6 is 0 Å². The first-order valence-electron chi connectivity index (χ1n) is 10.6. The minimum Gasteiger partial charge on any atom is -0.478 e. The highest BCUT2D eigenvalue weighted by molar-refractivity contribution is 6.03. The van der Waals surface area contributed by atoms with E-state index < -0.39 is 0 Å². The average molecular weight is 383 g/mol. The van der Waals surface area contributed by atoms with E-state index >= 15 is 0 Å². The Bertz CT molecular complexity index is 824. The van der Waals surface area contributed by atoms with Gasteiger partial charge in [-0.15, -0.1) is 0 Å². The summed E-state index contributed by atoms with van der Waals surface area (Å²) in [4.78, 5) is 20.1. The van der Waals surface area contributed by atoms with Crippen molar-refractivity contribution in [2.45, 2.75) is 70.1 Å². The average Bonchev–Trinajstić information content (AvgIpc) is 2.91. The second-order valence-electron chi connectivity index (χ2n) is 8.13. The van der Waals surface area contributed by atoms with Gasteiger partial charge < -0.3 is 14.4 Å². The van der Waals surface area contributed by atoms with Crippen LogP contribution in [0.5, 0.6) is 5.88 Å². The summed E-state index contributed by atoms with van der Waals surface area (Å²) in [6.07, 6.45) is 7.55. The molecule has 0 N–H and O–H groups in total. The van der Waals surface area contributed by atoms with E-state index in [1.165, 1.54) is 12.8 Å². The molecule has 1 aromatic carbocycles. The zero-order valence-corrected chi connectivity index (χ0v) is 16.9. The molecule has 150 valence electrons. The highest BCUT2D eigenvalue weighted by Gasteiger charge is 2.40. The number of esters is 1. The van der Waals surface area contributed by atoms with E-state index in [1.54, 1.807) is 6.07 Å². The maximum Gasteiger partial charge on any atom is 0.339 e. The third kappa shape index (κ3) is 4.00. The number of unbranched alkanes of at least 4 members (excludes halogenated alkanes) is 2. The lowest BCUT2D eigenvalue weighted by molar-refractivity contribution is -0.000307. The molecule has 2 aliphatic heterocycles. The minimum absolute atomic E-state index is 0.00190. The zero-order valence-electron chi connectivity index (χ0n) is 16.9.